The number of hydrogen-bond acceptors (Lipinski definition) is 0. The van der Waals surface area contributed by atoms with Crippen LogP contribution in [0.5, 0.6) is 0 Å². The van der Waals surface area contributed by atoms with Crippen LogP contribution in [-0.4, -0.2) is 33.8 Å². The molecule has 0 heterocycles. The lowest BCUT2D eigenvalue weighted by atomic mass is 9.70. The third-order valence-corrected chi connectivity index (χ3v) is 7.64. The smallest absolute Gasteiger partial charge is 0.0577 e. The highest BCUT2D eigenvalue weighted by Gasteiger charge is 2.73. The fourth-order valence-electron chi connectivity index (χ4n) is 3.48. The Balaban J connectivity index is 2.52. The van der Waals surface area contributed by atoms with E-state index in [-0.39, 0.29) is 32.9 Å². The number of fused-ring (bicyclic) bond motifs is 2. The first-order valence-electron chi connectivity index (χ1n) is 5.11. The lowest BCUT2D eigenvalue weighted by molar-refractivity contribution is 0.168. The molecule has 0 spiro atoms. The van der Waals surface area contributed by atoms with Crippen molar-refractivity contribution >= 4 is 69.6 Å². The molecule has 0 aromatic heterocycles. The first kappa shape index (κ1) is 14.2. The van der Waals surface area contributed by atoms with Gasteiger partial charge in [0.15, 0.2) is 0 Å². The van der Waals surface area contributed by atoms with Crippen molar-refractivity contribution in [3.05, 3.63) is 0 Å². The molecule has 2 aliphatic carbocycles. The predicted octanol–water partition coefficient (Wildman–Crippen LogP) is 4.53. The minimum atomic E-state index is -0.330. The average molecular weight is 345 g/mol. The van der Waals surface area contributed by atoms with E-state index in [0.717, 1.165) is 6.42 Å². The van der Waals surface area contributed by atoms with Crippen molar-refractivity contribution < 1.29 is 0 Å². The number of alkyl halides is 6. The minimum absolute atomic E-state index is 0.0336. The monoisotopic (exact) mass is 342 g/mol. The Morgan fingerprint density at radius 2 is 1.50 bits per heavy atom. The van der Waals surface area contributed by atoms with E-state index in [2.05, 4.69) is 0 Å². The zero-order valence-electron chi connectivity index (χ0n) is 8.41. The van der Waals surface area contributed by atoms with Crippen LogP contribution < -0.4 is 0 Å². The maximum absolute atomic E-state index is 6.43. The summed E-state index contributed by atoms with van der Waals surface area (Å²) in [5.41, 5.74) is -0.660. The molecule has 5 atom stereocenters. The van der Waals surface area contributed by atoms with Gasteiger partial charge in [0.2, 0.25) is 0 Å². The predicted molar refractivity (Wildman–Crippen MR) is 74.1 cm³/mol. The fraction of sp³-hybridized carbons (Fsp3) is 1.00. The molecule has 5 unspecified atom stereocenters. The first-order valence-corrected chi connectivity index (χ1v) is 8.02. The van der Waals surface area contributed by atoms with Gasteiger partial charge in [-0.05, 0) is 6.42 Å². The van der Waals surface area contributed by atoms with E-state index in [1.54, 1.807) is 0 Å². The molecule has 94 valence electrons. The second-order valence-corrected chi connectivity index (χ2v) is 7.14. The van der Waals surface area contributed by atoms with Crippen molar-refractivity contribution in [1.82, 2.24) is 0 Å². The van der Waals surface area contributed by atoms with Crippen molar-refractivity contribution in [1.29, 1.82) is 0 Å². The molecule has 16 heavy (non-hydrogen) atoms. The van der Waals surface area contributed by atoms with Crippen LogP contribution in [0.4, 0.5) is 0 Å². The fourth-order valence-corrected chi connectivity index (χ4v) is 7.22. The van der Waals surface area contributed by atoms with Crippen LogP contribution in [0.25, 0.3) is 0 Å². The van der Waals surface area contributed by atoms with Crippen LogP contribution in [0, 0.1) is 16.7 Å². The zero-order chi connectivity index (χ0) is 12.1. The van der Waals surface area contributed by atoms with E-state index in [9.17, 15) is 0 Å². The molecule has 0 aliphatic heterocycles. The van der Waals surface area contributed by atoms with Crippen LogP contribution in [0.1, 0.15) is 6.42 Å². The Kier molecular flexibility index (Phi) is 4.15. The molecule has 0 saturated heterocycles. The lowest BCUT2D eigenvalue weighted by Crippen LogP contribution is -2.45. The van der Waals surface area contributed by atoms with Crippen molar-refractivity contribution in [2.45, 2.75) is 22.6 Å². The summed E-state index contributed by atoms with van der Waals surface area (Å²) in [5, 5.41) is -0.438. The highest BCUT2D eigenvalue weighted by atomic mass is 35.5. The summed E-state index contributed by atoms with van der Waals surface area (Å²) in [6, 6.07) is 0. The minimum Gasteiger partial charge on any atom is -0.126 e. The Morgan fingerprint density at radius 1 is 0.938 bits per heavy atom. The van der Waals surface area contributed by atoms with Gasteiger partial charge in [0.05, 0.1) is 10.8 Å². The summed E-state index contributed by atoms with van der Waals surface area (Å²) in [6.45, 7) is 0. The number of hydrogen-bond donors (Lipinski definition) is 0. The van der Waals surface area contributed by atoms with Gasteiger partial charge in [-0.25, -0.2) is 0 Å². The van der Waals surface area contributed by atoms with Gasteiger partial charge in [0.1, 0.15) is 0 Å². The van der Waals surface area contributed by atoms with Gasteiger partial charge < -0.3 is 0 Å². The molecule has 2 aliphatic rings. The highest BCUT2D eigenvalue weighted by molar-refractivity contribution is 6.34. The molecule has 2 bridgehead atoms. The number of halogens is 6. The van der Waals surface area contributed by atoms with Crippen molar-refractivity contribution in [2.75, 3.05) is 17.6 Å². The van der Waals surface area contributed by atoms with Crippen molar-refractivity contribution in [3.8, 4) is 0 Å². The molecule has 0 aromatic rings. The topological polar surface area (TPSA) is 0 Å². The molecule has 0 radical (unpaired) electrons. The molecular formula is C10H12Cl6. The van der Waals surface area contributed by atoms with Gasteiger partial charge in [-0.1, -0.05) is 0 Å². The standard InChI is InChI=1S/C10H12Cl6/c11-2-9-1-5(14)6(7(15)8(9)16)10(9,3-12)4-13/h5-8H,1-4H2. The zero-order valence-corrected chi connectivity index (χ0v) is 12.9. The Morgan fingerprint density at radius 3 is 1.88 bits per heavy atom. The number of rotatable bonds is 3. The normalized spacial score (nSPS) is 49.9. The first-order chi connectivity index (χ1) is 7.50. The van der Waals surface area contributed by atoms with E-state index in [4.69, 9.17) is 69.6 Å². The van der Waals surface area contributed by atoms with E-state index in [1.807, 2.05) is 0 Å². The molecule has 2 saturated carbocycles. The molecule has 0 nitrogen and oxygen atoms in total. The summed E-state index contributed by atoms with van der Waals surface area (Å²) in [6.07, 6.45) is 0.750. The second-order valence-electron chi connectivity index (χ2n) is 4.81. The van der Waals surface area contributed by atoms with Crippen molar-refractivity contribution in [2.24, 2.45) is 16.7 Å². The quantitative estimate of drug-likeness (QED) is 0.660. The molecule has 2 rings (SSSR count). The summed E-state index contributed by atoms with van der Waals surface area (Å²) in [7, 11) is 0. The highest BCUT2D eigenvalue weighted by Crippen LogP contribution is 2.70. The molecular weight excluding hydrogens is 333 g/mol. The average Bonchev–Trinajstić information content (AvgIpc) is 2.65. The summed E-state index contributed by atoms with van der Waals surface area (Å²) < 4.78 is 0. The van der Waals surface area contributed by atoms with E-state index < -0.39 is 0 Å². The van der Waals surface area contributed by atoms with E-state index in [1.165, 1.54) is 0 Å². The Hall–Kier alpha value is 1.74. The van der Waals surface area contributed by atoms with Crippen LogP contribution >= 0.6 is 69.6 Å². The third-order valence-electron chi connectivity index (χ3n) is 4.44. The maximum Gasteiger partial charge on any atom is 0.0577 e. The summed E-state index contributed by atoms with van der Waals surface area (Å²) in [4.78, 5) is 0. The molecule has 0 aromatic carbocycles. The van der Waals surface area contributed by atoms with Crippen LogP contribution in [-0.2, 0) is 0 Å². The molecule has 0 N–H and O–H groups in total. The van der Waals surface area contributed by atoms with Crippen LogP contribution in [0.15, 0.2) is 0 Å². The second kappa shape index (κ2) is 4.69. The van der Waals surface area contributed by atoms with Gasteiger partial charge in [-0.3, -0.25) is 0 Å². The van der Waals surface area contributed by atoms with Crippen molar-refractivity contribution in [3.63, 3.8) is 0 Å². The van der Waals surface area contributed by atoms with Gasteiger partial charge in [-0.2, -0.15) is 0 Å². The lowest BCUT2D eigenvalue weighted by Gasteiger charge is -2.41. The van der Waals surface area contributed by atoms with Gasteiger partial charge in [0, 0.05) is 39.8 Å². The molecule has 2 fully saturated rings. The van der Waals surface area contributed by atoms with Crippen LogP contribution in [0.2, 0.25) is 0 Å². The van der Waals surface area contributed by atoms with E-state index >= 15 is 0 Å². The molecule has 6 heteroatoms. The van der Waals surface area contributed by atoms with Gasteiger partial charge in [0.25, 0.3) is 0 Å². The van der Waals surface area contributed by atoms with Gasteiger partial charge in [-0.15, -0.1) is 69.6 Å². The van der Waals surface area contributed by atoms with E-state index in [0.29, 0.717) is 17.6 Å². The summed E-state index contributed by atoms with van der Waals surface area (Å²) >= 11 is 37.6. The summed E-state index contributed by atoms with van der Waals surface area (Å²) in [5.74, 6) is 1.27. The Bertz CT molecular complexity index is 273. The van der Waals surface area contributed by atoms with Crippen LogP contribution in [0.3, 0.4) is 0 Å². The SMILES string of the molecule is ClCC12CC(Cl)C(C(Cl)C1Cl)C2(CCl)CCl. The van der Waals surface area contributed by atoms with Gasteiger partial charge >= 0.3 is 0 Å². The molecule has 0 amide bonds. The maximum atomic E-state index is 6.43. The Labute approximate surface area is 126 Å². The largest absolute Gasteiger partial charge is 0.126 e. The third kappa shape index (κ3) is 1.44.